The highest BCUT2D eigenvalue weighted by Crippen LogP contribution is 2.38. The zero-order chi connectivity index (χ0) is 15.8. The Morgan fingerprint density at radius 3 is 2.76 bits per heavy atom. The van der Waals surface area contributed by atoms with Crippen molar-refractivity contribution in [3.05, 3.63) is 34.6 Å². The first-order valence-electron chi connectivity index (χ1n) is 5.76. The van der Waals surface area contributed by atoms with Crippen molar-refractivity contribution in [1.82, 2.24) is 9.55 Å². The molecule has 0 radical (unpaired) electrons. The van der Waals surface area contributed by atoms with Crippen molar-refractivity contribution in [2.24, 2.45) is 0 Å². The van der Waals surface area contributed by atoms with Crippen LogP contribution in [0.2, 0.25) is 0 Å². The van der Waals surface area contributed by atoms with Gasteiger partial charge in [-0.2, -0.15) is 4.98 Å². The third kappa shape index (κ3) is 3.55. The number of aliphatic hydroxyl groups excluding tert-OH is 1. The van der Waals surface area contributed by atoms with Crippen molar-refractivity contribution < 1.29 is 28.6 Å². The summed E-state index contributed by atoms with van der Waals surface area (Å²) in [5.41, 5.74) is 4.44. The molecule has 1 fully saturated rings. The van der Waals surface area contributed by atoms with Gasteiger partial charge in [-0.1, -0.05) is 0 Å². The second-order valence-electron chi connectivity index (χ2n) is 4.40. The van der Waals surface area contributed by atoms with E-state index >= 15 is 0 Å². The number of hydrogen-bond donors (Lipinski definition) is 4. The third-order valence-corrected chi connectivity index (χ3v) is 3.39. The van der Waals surface area contributed by atoms with Gasteiger partial charge < -0.3 is 25.4 Å². The lowest BCUT2D eigenvalue weighted by molar-refractivity contribution is -0.00685. The first-order valence-corrected chi connectivity index (χ1v) is 7.44. The lowest BCUT2D eigenvalue weighted by Crippen LogP contribution is -2.33. The smallest absolute Gasteiger partial charge is 0.351 e. The Hall–Kier alpha value is -1.58. The van der Waals surface area contributed by atoms with E-state index in [9.17, 15) is 18.9 Å². The zero-order valence-electron chi connectivity index (χ0n) is 10.5. The number of alkyl halides is 1. The average Bonchev–Trinajstić information content (AvgIpc) is 2.64. The van der Waals surface area contributed by atoms with Crippen molar-refractivity contribution in [2.45, 2.75) is 24.6 Å². The van der Waals surface area contributed by atoms with Crippen LogP contribution in [0, 0.1) is 0 Å². The molecule has 11 heteroatoms. The van der Waals surface area contributed by atoms with Gasteiger partial charge in [-0.05, 0) is 12.1 Å². The minimum absolute atomic E-state index is 0.0526. The fourth-order valence-corrected chi connectivity index (χ4v) is 2.25. The normalized spacial score (nSPS) is 30.1. The van der Waals surface area contributed by atoms with E-state index in [0.29, 0.717) is 5.82 Å². The number of nitrogens with two attached hydrogens (primary N) is 1. The van der Waals surface area contributed by atoms with Crippen LogP contribution in [0.25, 0.3) is 0 Å². The Morgan fingerprint density at radius 1 is 1.52 bits per heavy atom. The highest BCUT2D eigenvalue weighted by molar-refractivity contribution is 7.55. The summed E-state index contributed by atoms with van der Waals surface area (Å²) in [6, 6.07) is 1.25. The summed E-state index contributed by atoms with van der Waals surface area (Å²) in [5.74, 6) is 0.447. The number of ether oxygens (including phenoxy) is 1. The van der Waals surface area contributed by atoms with E-state index in [-0.39, 0.29) is 5.82 Å². The molecule has 2 rings (SSSR count). The minimum atomic E-state index is -4.46. The fourth-order valence-electron chi connectivity index (χ4n) is 1.86. The van der Waals surface area contributed by atoms with Gasteiger partial charge in [0.25, 0.3) is 0 Å². The summed E-state index contributed by atoms with van der Waals surface area (Å²) < 4.78 is 30.6. The van der Waals surface area contributed by atoms with E-state index in [4.69, 9.17) is 20.3 Å². The van der Waals surface area contributed by atoms with Crippen molar-refractivity contribution in [1.29, 1.82) is 0 Å². The standard InChI is InChI=1S/C10H13FN3O6P/c11-7-8(15)5(2-4-21(17,18)19)20-9(7)14-3-1-6(12)13-10(14)16/h1-5,7-9,15H,(H2,12,13,16)(H2,17,18,19)/b4-2+. The Bertz CT molecular complexity index is 658. The summed E-state index contributed by atoms with van der Waals surface area (Å²) in [6.07, 6.45) is -4.41. The summed E-state index contributed by atoms with van der Waals surface area (Å²) in [4.78, 5) is 32.4. The largest absolute Gasteiger partial charge is 0.387 e. The summed E-state index contributed by atoms with van der Waals surface area (Å²) in [5, 5.41) is 9.67. The number of nitrogens with zero attached hydrogens (tertiary/aromatic N) is 2. The van der Waals surface area contributed by atoms with Crippen LogP contribution in [0.15, 0.2) is 29.0 Å². The molecule has 0 bridgehead atoms. The van der Waals surface area contributed by atoms with Crippen molar-refractivity contribution >= 4 is 13.4 Å². The molecule has 1 saturated heterocycles. The number of aliphatic hydroxyl groups is 1. The molecule has 0 aromatic carbocycles. The van der Waals surface area contributed by atoms with Crippen LogP contribution in [-0.2, 0) is 9.30 Å². The zero-order valence-corrected chi connectivity index (χ0v) is 11.4. The van der Waals surface area contributed by atoms with Crippen LogP contribution in [0.1, 0.15) is 6.23 Å². The summed E-state index contributed by atoms with van der Waals surface area (Å²) >= 11 is 0. The topological polar surface area (TPSA) is 148 Å². The Balaban J connectivity index is 2.26. The van der Waals surface area contributed by atoms with E-state index < -0.39 is 37.9 Å². The molecule has 1 aliphatic rings. The highest BCUT2D eigenvalue weighted by Gasteiger charge is 2.44. The van der Waals surface area contributed by atoms with Gasteiger partial charge in [-0.15, -0.1) is 0 Å². The van der Waals surface area contributed by atoms with Gasteiger partial charge in [0.1, 0.15) is 18.0 Å². The average molecular weight is 321 g/mol. The van der Waals surface area contributed by atoms with E-state index in [2.05, 4.69) is 4.98 Å². The maximum atomic E-state index is 14.0. The van der Waals surface area contributed by atoms with Gasteiger partial charge in [0, 0.05) is 12.0 Å². The molecule has 9 nitrogen and oxygen atoms in total. The second-order valence-corrected chi connectivity index (χ2v) is 5.88. The number of hydrogen-bond acceptors (Lipinski definition) is 6. The minimum Gasteiger partial charge on any atom is -0.387 e. The van der Waals surface area contributed by atoms with Gasteiger partial charge in [0.05, 0.1) is 0 Å². The quantitative estimate of drug-likeness (QED) is 0.524. The molecule has 21 heavy (non-hydrogen) atoms. The van der Waals surface area contributed by atoms with Crippen LogP contribution in [-0.4, -0.2) is 42.8 Å². The number of rotatable bonds is 3. The first-order chi connectivity index (χ1) is 9.69. The van der Waals surface area contributed by atoms with Gasteiger partial charge in [0.2, 0.25) is 0 Å². The fraction of sp³-hybridized carbons (Fsp3) is 0.400. The molecule has 2 heterocycles. The molecule has 0 aliphatic carbocycles. The lowest BCUT2D eigenvalue weighted by Gasteiger charge is -2.15. The van der Waals surface area contributed by atoms with Crippen LogP contribution >= 0.6 is 7.60 Å². The van der Waals surface area contributed by atoms with Gasteiger partial charge in [0.15, 0.2) is 12.4 Å². The predicted molar refractivity (Wildman–Crippen MR) is 68.9 cm³/mol. The van der Waals surface area contributed by atoms with Crippen LogP contribution < -0.4 is 11.4 Å². The number of halogens is 1. The maximum Gasteiger partial charge on any atom is 0.351 e. The molecule has 116 valence electrons. The molecular weight excluding hydrogens is 308 g/mol. The molecule has 1 aromatic rings. The Labute approximate surface area is 117 Å². The van der Waals surface area contributed by atoms with Crippen molar-refractivity contribution in [2.75, 3.05) is 5.73 Å². The van der Waals surface area contributed by atoms with E-state index in [1.54, 1.807) is 0 Å². The lowest BCUT2D eigenvalue weighted by atomic mass is 10.1. The van der Waals surface area contributed by atoms with E-state index in [1.165, 1.54) is 6.07 Å². The van der Waals surface area contributed by atoms with Crippen molar-refractivity contribution in [3.63, 3.8) is 0 Å². The number of aromatic nitrogens is 2. The number of anilines is 1. The molecule has 4 atom stereocenters. The first kappa shape index (κ1) is 15.8. The maximum absolute atomic E-state index is 14.0. The van der Waals surface area contributed by atoms with E-state index in [1.807, 2.05) is 0 Å². The van der Waals surface area contributed by atoms with Gasteiger partial charge >= 0.3 is 13.3 Å². The van der Waals surface area contributed by atoms with E-state index in [0.717, 1.165) is 16.8 Å². The third-order valence-electron chi connectivity index (χ3n) is 2.83. The molecule has 0 spiro atoms. The highest BCUT2D eigenvalue weighted by atomic mass is 31.2. The predicted octanol–water partition coefficient (Wildman–Crippen LogP) is -0.887. The second kappa shape index (κ2) is 5.66. The molecule has 1 aromatic heterocycles. The molecule has 0 saturated carbocycles. The van der Waals surface area contributed by atoms with Crippen LogP contribution in [0.4, 0.5) is 10.2 Å². The van der Waals surface area contributed by atoms with Crippen LogP contribution in [0.5, 0.6) is 0 Å². The van der Waals surface area contributed by atoms with Gasteiger partial charge in [-0.3, -0.25) is 9.13 Å². The monoisotopic (exact) mass is 321 g/mol. The molecule has 4 unspecified atom stereocenters. The molecule has 0 amide bonds. The SMILES string of the molecule is Nc1ccn(C2OC(/C=C/P(=O)(O)O)C(O)C2F)c(=O)n1. The van der Waals surface area contributed by atoms with Gasteiger partial charge in [-0.25, -0.2) is 9.18 Å². The summed E-state index contributed by atoms with van der Waals surface area (Å²) in [6.45, 7) is 0. The Kier molecular flexibility index (Phi) is 4.26. The molecule has 5 N–H and O–H groups in total. The summed E-state index contributed by atoms with van der Waals surface area (Å²) in [7, 11) is -4.46. The molecular formula is C10H13FN3O6P. The van der Waals surface area contributed by atoms with Crippen molar-refractivity contribution in [3.8, 4) is 0 Å². The molecule has 1 aliphatic heterocycles. The number of nitrogen functional groups attached to an aromatic ring is 1. The Morgan fingerprint density at radius 2 is 2.19 bits per heavy atom. The van der Waals surface area contributed by atoms with Crippen LogP contribution in [0.3, 0.4) is 0 Å².